The van der Waals surface area contributed by atoms with Crippen molar-refractivity contribution in [2.75, 3.05) is 13.2 Å². The van der Waals surface area contributed by atoms with Crippen LogP contribution in [0.1, 0.15) is 40.7 Å². The molecule has 0 spiro atoms. The van der Waals surface area contributed by atoms with Crippen LogP contribution in [0.15, 0.2) is 34.9 Å². The lowest BCUT2D eigenvalue weighted by molar-refractivity contribution is -0.0736. The lowest BCUT2D eigenvalue weighted by Gasteiger charge is -2.32. The summed E-state index contributed by atoms with van der Waals surface area (Å²) in [7, 11) is 0. The van der Waals surface area contributed by atoms with Crippen molar-refractivity contribution in [1.29, 1.82) is 0 Å². The van der Waals surface area contributed by atoms with Gasteiger partial charge in [0.15, 0.2) is 0 Å². The lowest BCUT2D eigenvalue weighted by Crippen LogP contribution is -2.50. The van der Waals surface area contributed by atoms with Gasteiger partial charge < -0.3 is 19.3 Å². The average molecular weight is 344 g/mol. The van der Waals surface area contributed by atoms with Gasteiger partial charge in [-0.1, -0.05) is 42.4 Å². The van der Waals surface area contributed by atoms with Crippen LogP contribution < -0.4 is 5.32 Å². The molecule has 25 heavy (non-hydrogen) atoms. The third-order valence-corrected chi connectivity index (χ3v) is 4.42. The molecule has 3 rings (SSSR count). The minimum Gasteiger partial charge on any atom is -0.379 e. The zero-order valence-electron chi connectivity index (χ0n) is 14.7. The molecule has 2 heterocycles. The number of rotatable bonds is 6. The third kappa shape index (κ3) is 4.27. The summed E-state index contributed by atoms with van der Waals surface area (Å²) in [6.07, 6.45) is 1.20. The standard InChI is InChI=1S/C19H24N2O4/c1-3-15-18(13(2)25-21-15)19(22)20-16-9-10-23-12-17(16)24-11-14-7-5-4-6-8-14/h4-8,16-17H,3,9-12H2,1-2H3,(H,20,22)/t16-,17-/m1/s1. The second-order valence-electron chi connectivity index (χ2n) is 6.19. The van der Waals surface area contributed by atoms with Crippen LogP contribution in [0.25, 0.3) is 0 Å². The Labute approximate surface area is 147 Å². The Morgan fingerprint density at radius 1 is 1.36 bits per heavy atom. The summed E-state index contributed by atoms with van der Waals surface area (Å²) in [5, 5.41) is 7.03. The molecule has 6 heteroatoms. The number of ether oxygens (including phenoxy) is 2. The van der Waals surface area contributed by atoms with Crippen LogP contribution in [0.3, 0.4) is 0 Å². The Hall–Kier alpha value is -2.18. The quantitative estimate of drug-likeness (QED) is 0.872. The van der Waals surface area contributed by atoms with Gasteiger partial charge in [-0.3, -0.25) is 4.79 Å². The van der Waals surface area contributed by atoms with Gasteiger partial charge in [0.2, 0.25) is 0 Å². The maximum atomic E-state index is 12.7. The molecule has 6 nitrogen and oxygen atoms in total. The highest BCUT2D eigenvalue weighted by molar-refractivity contribution is 5.96. The van der Waals surface area contributed by atoms with E-state index in [1.807, 2.05) is 37.3 Å². The number of carbonyl (C=O) groups excluding carboxylic acids is 1. The number of nitrogens with zero attached hydrogens (tertiary/aromatic N) is 1. The second-order valence-corrected chi connectivity index (χ2v) is 6.19. The highest BCUT2D eigenvalue weighted by Crippen LogP contribution is 2.18. The first-order valence-corrected chi connectivity index (χ1v) is 8.68. The van der Waals surface area contributed by atoms with Crippen molar-refractivity contribution >= 4 is 5.91 Å². The van der Waals surface area contributed by atoms with E-state index in [2.05, 4.69) is 10.5 Å². The highest BCUT2D eigenvalue weighted by atomic mass is 16.5. The number of hydrogen-bond donors (Lipinski definition) is 1. The number of hydrogen-bond acceptors (Lipinski definition) is 5. The first-order valence-electron chi connectivity index (χ1n) is 8.68. The van der Waals surface area contributed by atoms with Crippen LogP contribution in [0.4, 0.5) is 0 Å². The Morgan fingerprint density at radius 3 is 2.92 bits per heavy atom. The number of nitrogens with one attached hydrogen (secondary N) is 1. The number of aromatic nitrogens is 1. The number of aryl methyl sites for hydroxylation is 2. The van der Waals surface area contributed by atoms with Crippen LogP contribution in [-0.4, -0.2) is 36.4 Å². The van der Waals surface area contributed by atoms with Crippen molar-refractivity contribution in [2.45, 2.75) is 45.4 Å². The summed E-state index contributed by atoms with van der Waals surface area (Å²) >= 11 is 0. The van der Waals surface area contributed by atoms with Crippen molar-refractivity contribution in [3.8, 4) is 0 Å². The van der Waals surface area contributed by atoms with E-state index < -0.39 is 0 Å². The van der Waals surface area contributed by atoms with Crippen molar-refractivity contribution in [1.82, 2.24) is 10.5 Å². The lowest BCUT2D eigenvalue weighted by atomic mass is 10.0. The summed E-state index contributed by atoms with van der Waals surface area (Å²) in [6.45, 7) is 5.29. The van der Waals surface area contributed by atoms with E-state index in [1.165, 1.54) is 0 Å². The summed E-state index contributed by atoms with van der Waals surface area (Å²) in [4.78, 5) is 12.7. The largest absolute Gasteiger partial charge is 0.379 e. The van der Waals surface area contributed by atoms with Crippen molar-refractivity contribution < 1.29 is 18.8 Å². The smallest absolute Gasteiger partial charge is 0.257 e. The minimum atomic E-state index is -0.178. The second kappa shape index (κ2) is 8.27. The molecule has 1 N–H and O–H groups in total. The van der Waals surface area contributed by atoms with Gasteiger partial charge in [-0.25, -0.2) is 0 Å². The van der Waals surface area contributed by atoms with Crippen LogP contribution in [0.2, 0.25) is 0 Å². The predicted molar refractivity (Wildman–Crippen MR) is 92.3 cm³/mol. The molecule has 1 aromatic heterocycles. The van der Waals surface area contributed by atoms with E-state index in [0.717, 1.165) is 12.0 Å². The summed E-state index contributed by atoms with van der Waals surface area (Å²) < 4.78 is 16.7. The SMILES string of the molecule is CCc1noc(C)c1C(=O)N[C@@H]1CCOC[C@H]1OCc1ccccc1. The Kier molecular flexibility index (Phi) is 5.83. The van der Waals surface area contributed by atoms with Gasteiger partial charge in [0, 0.05) is 6.61 Å². The normalized spacial score (nSPS) is 20.4. The molecule has 1 saturated heterocycles. The summed E-state index contributed by atoms with van der Waals surface area (Å²) in [6, 6.07) is 9.88. The molecule has 1 fully saturated rings. The third-order valence-electron chi connectivity index (χ3n) is 4.42. The van der Waals surface area contributed by atoms with E-state index >= 15 is 0 Å². The molecule has 0 radical (unpaired) electrons. The van der Waals surface area contributed by atoms with Crippen LogP contribution in [0.5, 0.6) is 0 Å². The van der Waals surface area contributed by atoms with Gasteiger partial charge in [0.1, 0.15) is 17.4 Å². The molecule has 1 aliphatic heterocycles. The highest BCUT2D eigenvalue weighted by Gasteiger charge is 2.30. The topological polar surface area (TPSA) is 73.6 Å². The maximum absolute atomic E-state index is 12.7. The molecular formula is C19H24N2O4. The average Bonchev–Trinajstić information content (AvgIpc) is 3.02. The Balaban J connectivity index is 1.64. The van der Waals surface area contributed by atoms with E-state index in [-0.39, 0.29) is 18.1 Å². The maximum Gasteiger partial charge on any atom is 0.257 e. The molecule has 0 unspecified atom stereocenters. The number of carbonyl (C=O) groups is 1. The van der Waals surface area contributed by atoms with Gasteiger partial charge in [-0.2, -0.15) is 0 Å². The van der Waals surface area contributed by atoms with Crippen LogP contribution >= 0.6 is 0 Å². The molecule has 1 aromatic carbocycles. The molecule has 2 aromatic rings. The fourth-order valence-corrected chi connectivity index (χ4v) is 3.01. The number of amides is 1. The molecule has 2 atom stereocenters. The molecule has 0 bridgehead atoms. The summed E-state index contributed by atoms with van der Waals surface area (Å²) in [5.41, 5.74) is 2.32. The monoisotopic (exact) mass is 344 g/mol. The van der Waals surface area contributed by atoms with E-state index in [9.17, 15) is 4.79 Å². The predicted octanol–water partition coefficient (Wildman–Crippen LogP) is 2.65. The zero-order valence-corrected chi connectivity index (χ0v) is 14.7. The molecular weight excluding hydrogens is 320 g/mol. The van der Waals surface area contributed by atoms with Gasteiger partial charge in [-0.05, 0) is 25.3 Å². The Bertz CT molecular complexity index is 699. The molecule has 1 aliphatic rings. The number of benzene rings is 1. The first kappa shape index (κ1) is 17.6. The molecule has 1 amide bonds. The summed E-state index contributed by atoms with van der Waals surface area (Å²) in [5.74, 6) is 0.388. The fraction of sp³-hybridized carbons (Fsp3) is 0.474. The first-order chi connectivity index (χ1) is 12.2. The van der Waals surface area contributed by atoms with Crippen LogP contribution in [0, 0.1) is 6.92 Å². The van der Waals surface area contributed by atoms with E-state index in [0.29, 0.717) is 43.3 Å². The molecule has 134 valence electrons. The van der Waals surface area contributed by atoms with Gasteiger partial charge in [0.05, 0.1) is 24.9 Å². The molecule has 0 aliphatic carbocycles. The van der Waals surface area contributed by atoms with E-state index in [4.69, 9.17) is 14.0 Å². The van der Waals surface area contributed by atoms with Crippen molar-refractivity contribution in [2.24, 2.45) is 0 Å². The fourth-order valence-electron chi connectivity index (χ4n) is 3.01. The van der Waals surface area contributed by atoms with Gasteiger partial charge >= 0.3 is 0 Å². The minimum absolute atomic E-state index is 0.0935. The van der Waals surface area contributed by atoms with Gasteiger partial charge in [-0.15, -0.1) is 0 Å². The van der Waals surface area contributed by atoms with Crippen LogP contribution in [-0.2, 0) is 22.5 Å². The van der Waals surface area contributed by atoms with Gasteiger partial charge in [0.25, 0.3) is 5.91 Å². The zero-order chi connectivity index (χ0) is 17.6. The Morgan fingerprint density at radius 2 is 2.16 bits per heavy atom. The van der Waals surface area contributed by atoms with Crippen molar-refractivity contribution in [3.05, 3.63) is 52.9 Å². The molecule has 0 saturated carbocycles. The van der Waals surface area contributed by atoms with E-state index in [1.54, 1.807) is 6.92 Å². The van der Waals surface area contributed by atoms with Crippen molar-refractivity contribution in [3.63, 3.8) is 0 Å².